The molecule has 0 spiro atoms. The molecule has 1 aromatic rings. The molecule has 1 saturated heterocycles. The van der Waals surface area contributed by atoms with Crippen LogP contribution in [0, 0.1) is 15.9 Å². The maximum absolute atomic E-state index is 13.4. The lowest BCUT2D eigenvalue weighted by atomic mass is 9.98. The highest BCUT2D eigenvalue weighted by atomic mass is 79.9. The van der Waals surface area contributed by atoms with Gasteiger partial charge in [0.05, 0.1) is 4.92 Å². The molecule has 1 amide bonds. The first kappa shape index (κ1) is 15.9. The van der Waals surface area contributed by atoms with E-state index in [-0.39, 0.29) is 17.3 Å². The number of nitrogens with zero attached hydrogens (tertiary/aromatic N) is 2. The summed E-state index contributed by atoms with van der Waals surface area (Å²) < 4.78 is 13.4. The highest BCUT2D eigenvalue weighted by Gasteiger charge is 2.31. The monoisotopic (exact) mass is 358 g/mol. The molecule has 21 heavy (non-hydrogen) atoms. The van der Waals surface area contributed by atoms with E-state index in [1.807, 2.05) is 0 Å². The molecule has 0 aliphatic carbocycles. The van der Waals surface area contributed by atoms with Crippen LogP contribution in [0.3, 0.4) is 0 Å². The second-order valence-electron chi connectivity index (χ2n) is 5.04. The van der Waals surface area contributed by atoms with Crippen molar-refractivity contribution in [2.24, 2.45) is 0 Å². The van der Waals surface area contributed by atoms with Crippen LogP contribution in [-0.4, -0.2) is 33.6 Å². The lowest BCUT2D eigenvalue weighted by molar-refractivity contribution is -0.385. The molecule has 0 bridgehead atoms. The van der Waals surface area contributed by atoms with Crippen molar-refractivity contribution in [1.29, 1.82) is 0 Å². The molecule has 1 aliphatic heterocycles. The fourth-order valence-electron chi connectivity index (χ4n) is 2.69. The highest BCUT2D eigenvalue weighted by molar-refractivity contribution is 9.09. The van der Waals surface area contributed by atoms with Gasteiger partial charge in [0.15, 0.2) is 0 Å². The standard InChI is InChI=1S/C14H16BrFN2O3/c15-7-6-11-3-1-2-8-17(11)14(19)12-9-10(16)4-5-13(12)18(20)21/h4-5,9,11H,1-3,6-8H2. The molecule has 0 N–H and O–H groups in total. The van der Waals surface area contributed by atoms with Crippen molar-refractivity contribution in [1.82, 2.24) is 4.90 Å². The van der Waals surface area contributed by atoms with Crippen molar-refractivity contribution in [3.8, 4) is 0 Å². The molecule has 1 atom stereocenters. The summed E-state index contributed by atoms with van der Waals surface area (Å²) in [7, 11) is 0. The van der Waals surface area contributed by atoms with Crippen molar-refractivity contribution < 1.29 is 14.1 Å². The zero-order valence-corrected chi connectivity index (χ0v) is 13.0. The van der Waals surface area contributed by atoms with Gasteiger partial charge in [-0.15, -0.1) is 0 Å². The average molecular weight is 359 g/mol. The van der Waals surface area contributed by atoms with Crippen LogP contribution in [-0.2, 0) is 0 Å². The molecular weight excluding hydrogens is 343 g/mol. The molecule has 114 valence electrons. The molecule has 5 nitrogen and oxygen atoms in total. The summed E-state index contributed by atoms with van der Waals surface area (Å²) in [5.41, 5.74) is -0.508. The number of hydrogen-bond acceptors (Lipinski definition) is 3. The number of carbonyl (C=O) groups excluding carboxylic acids is 1. The van der Waals surface area contributed by atoms with Gasteiger partial charge in [-0.3, -0.25) is 14.9 Å². The van der Waals surface area contributed by atoms with Crippen LogP contribution in [0.2, 0.25) is 0 Å². The van der Waals surface area contributed by atoms with Crippen molar-refractivity contribution in [2.45, 2.75) is 31.7 Å². The molecule has 1 unspecified atom stereocenters. The molecule has 0 aromatic heterocycles. The van der Waals surface area contributed by atoms with Crippen molar-refractivity contribution in [2.75, 3.05) is 11.9 Å². The number of nitro groups is 1. The lowest BCUT2D eigenvalue weighted by Gasteiger charge is -2.35. The van der Waals surface area contributed by atoms with E-state index in [1.165, 1.54) is 0 Å². The number of piperidine rings is 1. The van der Waals surface area contributed by atoms with E-state index in [0.717, 1.165) is 49.2 Å². The van der Waals surface area contributed by atoms with Crippen LogP contribution < -0.4 is 0 Å². The number of amides is 1. The van der Waals surface area contributed by atoms with Gasteiger partial charge in [-0.05, 0) is 37.8 Å². The average Bonchev–Trinajstić information content (AvgIpc) is 2.47. The summed E-state index contributed by atoms with van der Waals surface area (Å²) in [6.45, 7) is 0.560. The van der Waals surface area contributed by atoms with Crippen molar-refractivity contribution in [3.63, 3.8) is 0 Å². The van der Waals surface area contributed by atoms with Crippen LogP contribution in [0.5, 0.6) is 0 Å². The summed E-state index contributed by atoms with van der Waals surface area (Å²) in [5.74, 6) is -1.09. The van der Waals surface area contributed by atoms with Gasteiger partial charge in [0, 0.05) is 24.0 Å². The van der Waals surface area contributed by atoms with E-state index in [9.17, 15) is 19.3 Å². The second kappa shape index (κ2) is 6.98. The van der Waals surface area contributed by atoms with E-state index in [0.29, 0.717) is 6.54 Å². The van der Waals surface area contributed by atoms with Gasteiger partial charge in [0.2, 0.25) is 0 Å². The predicted octanol–water partition coefficient (Wildman–Crippen LogP) is 3.51. The summed E-state index contributed by atoms with van der Waals surface area (Å²) in [4.78, 5) is 24.6. The number of benzene rings is 1. The SMILES string of the molecule is O=C(c1cc(F)ccc1[N+](=O)[O-])N1CCCCC1CCBr. The van der Waals surface area contributed by atoms with Gasteiger partial charge in [0.25, 0.3) is 11.6 Å². The maximum Gasteiger partial charge on any atom is 0.282 e. The largest absolute Gasteiger partial charge is 0.335 e. The quantitative estimate of drug-likeness (QED) is 0.470. The minimum atomic E-state index is -0.643. The molecule has 1 aliphatic rings. The Bertz CT molecular complexity index is 551. The normalized spacial score (nSPS) is 18.6. The minimum Gasteiger partial charge on any atom is -0.335 e. The number of carbonyl (C=O) groups is 1. The fourth-order valence-corrected chi connectivity index (χ4v) is 3.22. The van der Waals surface area contributed by atoms with Gasteiger partial charge in [-0.25, -0.2) is 4.39 Å². The maximum atomic E-state index is 13.4. The third kappa shape index (κ3) is 3.58. The number of alkyl halides is 1. The first-order chi connectivity index (χ1) is 10.0. The van der Waals surface area contributed by atoms with Crippen LogP contribution in [0.4, 0.5) is 10.1 Å². The van der Waals surface area contributed by atoms with E-state index in [1.54, 1.807) is 4.90 Å². The molecule has 1 aromatic carbocycles. The third-order valence-electron chi connectivity index (χ3n) is 3.72. The van der Waals surface area contributed by atoms with Gasteiger partial charge in [-0.1, -0.05) is 15.9 Å². The zero-order valence-electron chi connectivity index (χ0n) is 11.4. The molecule has 1 heterocycles. The first-order valence-electron chi connectivity index (χ1n) is 6.85. The van der Waals surface area contributed by atoms with E-state index < -0.39 is 16.6 Å². The first-order valence-corrected chi connectivity index (χ1v) is 7.97. The zero-order chi connectivity index (χ0) is 15.4. The predicted molar refractivity (Wildman–Crippen MR) is 80.1 cm³/mol. The second-order valence-corrected chi connectivity index (χ2v) is 5.84. The number of hydrogen-bond donors (Lipinski definition) is 0. The van der Waals surface area contributed by atoms with Gasteiger partial charge in [0.1, 0.15) is 11.4 Å². The van der Waals surface area contributed by atoms with Crippen LogP contribution in [0.25, 0.3) is 0 Å². The van der Waals surface area contributed by atoms with E-state index in [2.05, 4.69) is 15.9 Å². The number of nitro benzene ring substituents is 1. The summed E-state index contributed by atoms with van der Waals surface area (Å²) in [5, 5.41) is 11.8. The minimum absolute atomic E-state index is 0.0495. The fraction of sp³-hybridized carbons (Fsp3) is 0.500. The Hall–Kier alpha value is -1.50. The third-order valence-corrected chi connectivity index (χ3v) is 4.17. The Labute approximate surface area is 130 Å². The van der Waals surface area contributed by atoms with Crippen LogP contribution in [0.15, 0.2) is 18.2 Å². The summed E-state index contributed by atoms with van der Waals surface area (Å²) >= 11 is 3.36. The Morgan fingerprint density at radius 1 is 1.48 bits per heavy atom. The number of rotatable bonds is 4. The number of likely N-dealkylation sites (tertiary alicyclic amines) is 1. The molecule has 2 rings (SSSR count). The Balaban J connectivity index is 2.33. The smallest absolute Gasteiger partial charge is 0.282 e. The summed E-state index contributed by atoms with van der Waals surface area (Å²) in [6, 6.07) is 3.06. The molecule has 1 fully saturated rings. The Morgan fingerprint density at radius 2 is 2.24 bits per heavy atom. The van der Waals surface area contributed by atoms with E-state index in [4.69, 9.17) is 0 Å². The number of halogens is 2. The Kier molecular flexibility index (Phi) is 5.27. The molecule has 0 radical (unpaired) electrons. The van der Waals surface area contributed by atoms with Crippen molar-refractivity contribution in [3.05, 3.63) is 39.7 Å². The molecule has 7 heteroatoms. The van der Waals surface area contributed by atoms with Crippen molar-refractivity contribution >= 4 is 27.5 Å². The van der Waals surface area contributed by atoms with Gasteiger partial charge in [-0.2, -0.15) is 0 Å². The van der Waals surface area contributed by atoms with E-state index >= 15 is 0 Å². The van der Waals surface area contributed by atoms with Crippen LogP contribution in [0.1, 0.15) is 36.0 Å². The highest BCUT2D eigenvalue weighted by Crippen LogP contribution is 2.27. The topological polar surface area (TPSA) is 63.4 Å². The lowest BCUT2D eigenvalue weighted by Crippen LogP contribution is -2.44. The van der Waals surface area contributed by atoms with Gasteiger partial charge < -0.3 is 4.90 Å². The van der Waals surface area contributed by atoms with Gasteiger partial charge >= 0.3 is 0 Å². The molecular formula is C14H16BrFN2O3. The van der Waals surface area contributed by atoms with Crippen LogP contribution >= 0.6 is 15.9 Å². The molecule has 0 saturated carbocycles. The Morgan fingerprint density at radius 3 is 2.90 bits per heavy atom. The summed E-state index contributed by atoms with van der Waals surface area (Å²) in [6.07, 6.45) is 3.57.